The number of rotatable bonds is 2. The van der Waals surface area contributed by atoms with Gasteiger partial charge in [0.1, 0.15) is 5.65 Å². The molecule has 2 aromatic rings. The molecule has 0 saturated carbocycles. The Morgan fingerprint density at radius 2 is 2.18 bits per heavy atom. The predicted molar refractivity (Wildman–Crippen MR) is 61.5 cm³/mol. The second kappa shape index (κ2) is 3.97. The lowest BCUT2D eigenvalue weighted by molar-refractivity contribution is 0.101. The van der Waals surface area contributed by atoms with Crippen molar-refractivity contribution in [2.24, 2.45) is 0 Å². The smallest absolute Gasteiger partial charge is 0.318 e. The second-order valence-electron chi connectivity index (χ2n) is 3.63. The summed E-state index contributed by atoms with van der Waals surface area (Å²) in [5, 5.41) is 0.635. The number of hydrogen-bond acceptors (Lipinski definition) is 5. The summed E-state index contributed by atoms with van der Waals surface area (Å²) in [6.07, 6.45) is 1.53. The number of fused-ring (bicyclic) bond motifs is 1. The lowest BCUT2D eigenvalue weighted by Crippen LogP contribution is -2.18. The molecule has 0 amide bonds. The zero-order valence-corrected chi connectivity index (χ0v) is 9.70. The SMILES string of the molecule is COc1ncc2c(C)c(C(C)=O)c(=O)[nH]c2n1. The fraction of sp³-hybridized carbons (Fsp3) is 0.273. The summed E-state index contributed by atoms with van der Waals surface area (Å²) in [6, 6.07) is 0.170. The second-order valence-corrected chi connectivity index (χ2v) is 3.63. The van der Waals surface area contributed by atoms with E-state index in [1.165, 1.54) is 20.2 Å². The van der Waals surface area contributed by atoms with E-state index < -0.39 is 5.56 Å². The maximum Gasteiger partial charge on any atom is 0.318 e. The number of aryl methyl sites for hydroxylation is 1. The van der Waals surface area contributed by atoms with Gasteiger partial charge in [0.15, 0.2) is 5.78 Å². The predicted octanol–water partition coefficient (Wildman–Crippen LogP) is 0.838. The Labute approximate surface area is 96.7 Å². The van der Waals surface area contributed by atoms with E-state index in [1.54, 1.807) is 6.92 Å². The minimum Gasteiger partial charge on any atom is -0.467 e. The highest BCUT2D eigenvalue weighted by atomic mass is 16.5. The third-order valence-corrected chi connectivity index (χ3v) is 2.54. The number of nitrogens with zero attached hydrogens (tertiary/aromatic N) is 2. The summed E-state index contributed by atoms with van der Waals surface area (Å²) < 4.78 is 4.87. The van der Waals surface area contributed by atoms with Crippen LogP contribution in [0.5, 0.6) is 6.01 Å². The molecule has 0 aliphatic heterocycles. The number of pyridine rings is 1. The molecular weight excluding hydrogens is 222 g/mol. The zero-order chi connectivity index (χ0) is 12.6. The maximum absolute atomic E-state index is 11.7. The molecule has 0 bridgehead atoms. The largest absolute Gasteiger partial charge is 0.467 e. The molecule has 0 aliphatic rings. The van der Waals surface area contributed by atoms with Crippen LogP contribution in [-0.2, 0) is 0 Å². The molecule has 0 unspecified atom stereocenters. The van der Waals surface area contributed by atoms with Gasteiger partial charge in [0, 0.05) is 11.6 Å². The van der Waals surface area contributed by atoms with Crippen LogP contribution < -0.4 is 10.3 Å². The molecule has 2 aromatic heterocycles. The maximum atomic E-state index is 11.7. The molecule has 0 fully saturated rings. The molecule has 0 radical (unpaired) electrons. The van der Waals surface area contributed by atoms with Crippen LogP contribution in [-0.4, -0.2) is 27.8 Å². The Morgan fingerprint density at radius 3 is 2.76 bits per heavy atom. The summed E-state index contributed by atoms with van der Waals surface area (Å²) >= 11 is 0. The highest BCUT2D eigenvalue weighted by Crippen LogP contribution is 2.16. The number of ether oxygens (including phenoxy) is 1. The summed E-state index contributed by atoms with van der Waals surface area (Å²) in [5.74, 6) is -0.276. The van der Waals surface area contributed by atoms with Crippen LogP contribution in [0.4, 0.5) is 0 Å². The normalized spacial score (nSPS) is 10.5. The van der Waals surface area contributed by atoms with Crippen molar-refractivity contribution in [1.29, 1.82) is 0 Å². The van der Waals surface area contributed by atoms with Crippen molar-refractivity contribution in [3.63, 3.8) is 0 Å². The Bertz CT molecular complexity index is 661. The van der Waals surface area contributed by atoms with E-state index in [9.17, 15) is 9.59 Å². The zero-order valence-electron chi connectivity index (χ0n) is 9.70. The van der Waals surface area contributed by atoms with Crippen molar-refractivity contribution >= 4 is 16.8 Å². The van der Waals surface area contributed by atoms with Crippen LogP contribution >= 0.6 is 0 Å². The molecule has 6 heteroatoms. The van der Waals surface area contributed by atoms with Gasteiger partial charge < -0.3 is 9.72 Å². The van der Waals surface area contributed by atoms with Gasteiger partial charge in [0.2, 0.25) is 0 Å². The van der Waals surface area contributed by atoms with Crippen LogP contribution in [0, 0.1) is 6.92 Å². The number of aromatic amines is 1. The van der Waals surface area contributed by atoms with Gasteiger partial charge in [-0.1, -0.05) is 0 Å². The summed E-state index contributed by atoms with van der Waals surface area (Å²) in [7, 11) is 1.44. The van der Waals surface area contributed by atoms with E-state index in [-0.39, 0.29) is 17.4 Å². The van der Waals surface area contributed by atoms with Gasteiger partial charge in [-0.25, -0.2) is 4.98 Å². The molecule has 6 nitrogen and oxygen atoms in total. The quantitative estimate of drug-likeness (QED) is 0.777. The van der Waals surface area contributed by atoms with Gasteiger partial charge in [-0.05, 0) is 19.4 Å². The topological polar surface area (TPSA) is 84.9 Å². The van der Waals surface area contributed by atoms with Crippen LogP contribution in [0.3, 0.4) is 0 Å². The molecule has 0 atom stereocenters. The number of hydrogen-bond donors (Lipinski definition) is 1. The van der Waals surface area contributed by atoms with Crippen molar-refractivity contribution in [1.82, 2.24) is 15.0 Å². The first kappa shape index (κ1) is 11.3. The van der Waals surface area contributed by atoms with Crippen molar-refractivity contribution in [3.05, 3.63) is 27.7 Å². The van der Waals surface area contributed by atoms with Crippen molar-refractivity contribution < 1.29 is 9.53 Å². The lowest BCUT2D eigenvalue weighted by atomic mass is 10.1. The molecule has 88 valence electrons. The highest BCUT2D eigenvalue weighted by Gasteiger charge is 2.14. The van der Waals surface area contributed by atoms with E-state index in [1.807, 2.05) is 0 Å². The lowest BCUT2D eigenvalue weighted by Gasteiger charge is -2.06. The third-order valence-electron chi connectivity index (χ3n) is 2.54. The molecule has 1 N–H and O–H groups in total. The van der Waals surface area contributed by atoms with Crippen molar-refractivity contribution in [2.45, 2.75) is 13.8 Å². The number of aromatic nitrogens is 3. The number of Topliss-reactive ketones (excluding diaryl/α,β-unsaturated/α-hetero) is 1. The molecule has 0 spiro atoms. The van der Waals surface area contributed by atoms with Gasteiger partial charge in [0.05, 0.1) is 12.7 Å². The van der Waals surface area contributed by atoms with Gasteiger partial charge in [-0.15, -0.1) is 0 Å². The van der Waals surface area contributed by atoms with Crippen LogP contribution in [0.15, 0.2) is 11.0 Å². The molecule has 0 aromatic carbocycles. The first-order chi connectivity index (χ1) is 8.04. The van der Waals surface area contributed by atoms with Crippen molar-refractivity contribution in [2.75, 3.05) is 7.11 Å². The number of carbonyl (C=O) groups excluding carboxylic acids is 1. The average Bonchev–Trinajstić information content (AvgIpc) is 2.27. The summed E-state index contributed by atoms with van der Waals surface area (Å²) in [6.45, 7) is 3.05. The third kappa shape index (κ3) is 1.77. The first-order valence-corrected chi connectivity index (χ1v) is 4.99. The minimum absolute atomic E-state index is 0.145. The molecular formula is C11H11N3O3. The number of methoxy groups -OCH3 is 1. The molecule has 2 heterocycles. The van der Waals surface area contributed by atoms with E-state index in [0.717, 1.165) is 0 Å². The monoisotopic (exact) mass is 233 g/mol. The molecule has 0 saturated heterocycles. The summed E-state index contributed by atoms with van der Waals surface area (Å²) in [4.78, 5) is 33.6. The van der Waals surface area contributed by atoms with Crippen LogP contribution in [0.1, 0.15) is 22.8 Å². The van der Waals surface area contributed by atoms with Gasteiger partial charge in [0.25, 0.3) is 5.56 Å². The summed E-state index contributed by atoms with van der Waals surface area (Å²) in [5.41, 5.74) is 0.651. The number of nitrogens with one attached hydrogen (secondary N) is 1. The van der Waals surface area contributed by atoms with E-state index in [0.29, 0.717) is 16.6 Å². The van der Waals surface area contributed by atoms with Gasteiger partial charge in [-0.2, -0.15) is 4.98 Å². The van der Waals surface area contributed by atoms with Gasteiger partial charge in [-0.3, -0.25) is 9.59 Å². The fourth-order valence-corrected chi connectivity index (χ4v) is 1.73. The number of carbonyl (C=O) groups is 1. The average molecular weight is 233 g/mol. The van der Waals surface area contributed by atoms with E-state index in [4.69, 9.17) is 4.74 Å². The van der Waals surface area contributed by atoms with Crippen LogP contribution in [0.2, 0.25) is 0 Å². The minimum atomic E-state index is -0.441. The van der Waals surface area contributed by atoms with E-state index in [2.05, 4.69) is 15.0 Å². The number of ketones is 1. The Balaban J connectivity index is 2.86. The first-order valence-electron chi connectivity index (χ1n) is 4.99. The molecule has 17 heavy (non-hydrogen) atoms. The number of H-pyrrole nitrogens is 1. The van der Waals surface area contributed by atoms with Gasteiger partial charge >= 0.3 is 6.01 Å². The van der Waals surface area contributed by atoms with Crippen LogP contribution in [0.25, 0.3) is 11.0 Å². The Morgan fingerprint density at radius 1 is 1.47 bits per heavy atom. The molecule has 2 rings (SSSR count). The standard InChI is InChI=1S/C11H11N3O3/c1-5-7-4-12-11(17-3)14-9(7)13-10(16)8(5)6(2)15/h4H,1-3H3,(H,12,13,14,16). The fourth-order valence-electron chi connectivity index (χ4n) is 1.73. The van der Waals surface area contributed by atoms with Crippen molar-refractivity contribution in [3.8, 4) is 6.01 Å². The highest BCUT2D eigenvalue weighted by molar-refractivity contribution is 5.99. The van der Waals surface area contributed by atoms with E-state index >= 15 is 0 Å². The Hall–Kier alpha value is -2.24. The Kier molecular flexibility index (Phi) is 2.63. The molecule has 0 aliphatic carbocycles.